The van der Waals surface area contributed by atoms with E-state index < -0.39 is 12.0 Å². The van der Waals surface area contributed by atoms with Crippen molar-refractivity contribution >= 4 is 28.6 Å². The van der Waals surface area contributed by atoms with Gasteiger partial charge in [-0.3, -0.25) is 9.36 Å². The first kappa shape index (κ1) is 16.3. The van der Waals surface area contributed by atoms with Crippen molar-refractivity contribution in [3.8, 4) is 11.4 Å². The Balaban J connectivity index is 2.37. The zero-order chi connectivity index (χ0) is 17.4. The van der Waals surface area contributed by atoms with Crippen molar-refractivity contribution in [1.82, 2.24) is 14.5 Å². The van der Waals surface area contributed by atoms with Crippen molar-refractivity contribution in [2.75, 3.05) is 7.11 Å². The smallest absolute Gasteiger partial charge is 0.328 e. The van der Waals surface area contributed by atoms with Crippen LogP contribution in [0.2, 0.25) is 5.02 Å². The molecule has 1 aromatic carbocycles. The number of aryl methyl sites for hydroxylation is 1. The number of methoxy groups -OCH3 is 1. The quantitative estimate of drug-likeness (QED) is 0.740. The highest BCUT2D eigenvalue weighted by atomic mass is 35.5. The first-order chi connectivity index (χ1) is 11.4. The molecule has 0 radical (unpaired) electrons. The molecule has 24 heavy (non-hydrogen) atoms. The fourth-order valence-corrected chi connectivity index (χ4v) is 2.87. The average molecular weight is 346 g/mol. The van der Waals surface area contributed by atoms with Gasteiger partial charge in [0, 0.05) is 16.3 Å². The van der Waals surface area contributed by atoms with Crippen LogP contribution in [0.4, 0.5) is 0 Å². The van der Waals surface area contributed by atoms with Gasteiger partial charge in [0.2, 0.25) is 0 Å². The van der Waals surface area contributed by atoms with Crippen molar-refractivity contribution in [1.29, 1.82) is 0 Å². The summed E-state index contributed by atoms with van der Waals surface area (Å²) in [6.45, 7) is 3.45. The highest BCUT2D eigenvalue weighted by Gasteiger charge is 2.23. The first-order valence-corrected chi connectivity index (χ1v) is 7.75. The van der Waals surface area contributed by atoms with Gasteiger partial charge in [0.15, 0.2) is 0 Å². The maximum Gasteiger partial charge on any atom is 0.328 e. The summed E-state index contributed by atoms with van der Waals surface area (Å²) in [6, 6.07) is 7.88. The number of esters is 1. The Morgan fingerprint density at radius 2 is 2.12 bits per heavy atom. The summed E-state index contributed by atoms with van der Waals surface area (Å²) in [5.74, 6) is -0.163. The van der Waals surface area contributed by atoms with E-state index in [-0.39, 0.29) is 5.56 Å². The SMILES string of the molecule is COC(=O)C(C)n1c(-c2cccc(Cl)c2)nc2[nH]c(C)cc2c1=O. The van der Waals surface area contributed by atoms with Crippen molar-refractivity contribution in [2.45, 2.75) is 19.9 Å². The zero-order valence-electron chi connectivity index (χ0n) is 13.5. The number of hydrogen-bond donors (Lipinski definition) is 1. The number of benzene rings is 1. The third-order valence-electron chi connectivity index (χ3n) is 3.84. The molecule has 0 saturated heterocycles. The molecule has 1 atom stereocenters. The third-order valence-corrected chi connectivity index (χ3v) is 4.07. The van der Waals surface area contributed by atoms with Crippen LogP contribution in [0.25, 0.3) is 22.4 Å². The van der Waals surface area contributed by atoms with Crippen molar-refractivity contribution in [2.24, 2.45) is 0 Å². The first-order valence-electron chi connectivity index (χ1n) is 7.38. The lowest BCUT2D eigenvalue weighted by Gasteiger charge is -2.17. The molecule has 1 unspecified atom stereocenters. The van der Waals surface area contributed by atoms with Gasteiger partial charge in [-0.15, -0.1) is 0 Å². The Hall–Kier alpha value is -2.60. The monoisotopic (exact) mass is 345 g/mol. The number of ether oxygens (including phenoxy) is 1. The van der Waals surface area contributed by atoms with E-state index in [4.69, 9.17) is 16.3 Å². The summed E-state index contributed by atoms with van der Waals surface area (Å²) in [5, 5.41) is 0.941. The minimum atomic E-state index is -0.816. The van der Waals surface area contributed by atoms with E-state index in [0.29, 0.717) is 27.4 Å². The second-order valence-electron chi connectivity index (χ2n) is 5.53. The lowest BCUT2D eigenvalue weighted by Crippen LogP contribution is -2.31. The van der Waals surface area contributed by atoms with Crippen LogP contribution >= 0.6 is 11.6 Å². The molecule has 0 aliphatic rings. The number of hydrogen-bond acceptors (Lipinski definition) is 4. The molecule has 0 amide bonds. The van der Waals surface area contributed by atoms with Crippen LogP contribution in [0, 0.1) is 6.92 Å². The summed E-state index contributed by atoms with van der Waals surface area (Å²) in [4.78, 5) is 32.6. The molecule has 0 aliphatic carbocycles. The molecule has 3 aromatic rings. The van der Waals surface area contributed by atoms with Crippen molar-refractivity contribution in [3.63, 3.8) is 0 Å². The van der Waals surface area contributed by atoms with E-state index in [9.17, 15) is 9.59 Å². The number of nitrogens with one attached hydrogen (secondary N) is 1. The summed E-state index contributed by atoms with van der Waals surface area (Å²) in [7, 11) is 1.29. The molecule has 3 rings (SSSR count). The van der Waals surface area contributed by atoms with Gasteiger partial charge in [0.05, 0.1) is 12.5 Å². The number of rotatable bonds is 3. The van der Waals surface area contributed by atoms with Crippen molar-refractivity contribution < 1.29 is 9.53 Å². The molecule has 0 fully saturated rings. The molecule has 6 nitrogen and oxygen atoms in total. The van der Waals surface area contributed by atoms with Gasteiger partial charge >= 0.3 is 5.97 Å². The molecule has 0 spiro atoms. The Labute approximate surface area is 143 Å². The Kier molecular flexibility index (Phi) is 4.15. The predicted octanol–water partition coefficient (Wildman–Crippen LogP) is 3.09. The largest absolute Gasteiger partial charge is 0.467 e. The number of aromatic nitrogens is 3. The van der Waals surface area contributed by atoms with Gasteiger partial charge in [-0.1, -0.05) is 23.7 Å². The lowest BCUT2D eigenvalue weighted by atomic mass is 10.2. The maximum absolute atomic E-state index is 12.9. The van der Waals surface area contributed by atoms with Gasteiger partial charge in [0.1, 0.15) is 17.5 Å². The zero-order valence-corrected chi connectivity index (χ0v) is 14.2. The summed E-state index contributed by atoms with van der Waals surface area (Å²) >= 11 is 6.06. The number of carbonyl (C=O) groups is 1. The summed E-state index contributed by atoms with van der Waals surface area (Å²) in [6.07, 6.45) is 0. The molecule has 1 N–H and O–H groups in total. The van der Waals surface area contributed by atoms with Gasteiger partial charge in [-0.05, 0) is 32.0 Å². The molecule has 7 heteroatoms. The lowest BCUT2D eigenvalue weighted by molar-refractivity contribution is -0.144. The Bertz CT molecular complexity index is 990. The van der Waals surface area contributed by atoms with E-state index in [2.05, 4.69) is 9.97 Å². The fourth-order valence-electron chi connectivity index (χ4n) is 2.68. The number of nitrogens with zero attached hydrogens (tertiary/aromatic N) is 2. The highest BCUT2D eigenvalue weighted by Crippen LogP contribution is 2.24. The van der Waals surface area contributed by atoms with Crippen LogP contribution in [-0.2, 0) is 9.53 Å². The molecule has 2 aromatic heterocycles. The molecule has 124 valence electrons. The van der Waals surface area contributed by atoms with Crippen LogP contribution in [-0.4, -0.2) is 27.6 Å². The highest BCUT2D eigenvalue weighted by molar-refractivity contribution is 6.30. The molecular formula is C17H16ClN3O3. The Morgan fingerprint density at radius 1 is 1.38 bits per heavy atom. The third kappa shape index (κ3) is 2.69. The van der Waals surface area contributed by atoms with Gasteiger partial charge in [-0.25, -0.2) is 9.78 Å². The number of halogens is 1. The van der Waals surface area contributed by atoms with E-state index in [1.165, 1.54) is 11.7 Å². The summed E-state index contributed by atoms with van der Waals surface area (Å²) in [5.41, 5.74) is 1.62. The van der Waals surface area contributed by atoms with Crippen LogP contribution in [0.15, 0.2) is 35.1 Å². The number of aromatic amines is 1. The molecule has 2 heterocycles. The predicted molar refractivity (Wildman–Crippen MR) is 92.3 cm³/mol. The maximum atomic E-state index is 12.9. The van der Waals surface area contributed by atoms with Gasteiger partial charge in [0.25, 0.3) is 5.56 Å². The standard InChI is InChI=1S/C17H16ClN3O3/c1-9-7-13-14(19-9)20-15(11-5-4-6-12(18)8-11)21(16(13)22)10(2)17(23)24-3/h4-8,10,19H,1-3H3. The van der Waals surface area contributed by atoms with E-state index in [1.807, 2.05) is 6.92 Å². The fraction of sp³-hybridized carbons (Fsp3) is 0.235. The minimum Gasteiger partial charge on any atom is -0.467 e. The van der Waals surface area contributed by atoms with E-state index >= 15 is 0 Å². The van der Waals surface area contributed by atoms with Crippen LogP contribution in [0.1, 0.15) is 18.7 Å². The molecule has 0 bridgehead atoms. The number of carbonyl (C=O) groups excluding carboxylic acids is 1. The molecule has 0 aliphatic heterocycles. The van der Waals surface area contributed by atoms with Gasteiger partial charge < -0.3 is 9.72 Å². The van der Waals surface area contributed by atoms with Crippen LogP contribution in [0.5, 0.6) is 0 Å². The van der Waals surface area contributed by atoms with E-state index in [0.717, 1.165) is 5.69 Å². The topological polar surface area (TPSA) is 77.0 Å². The number of fused-ring (bicyclic) bond motifs is 1. The number of H-pyrrole nitrogens is 1. The van der Waals surface area contributed by atoms with Gasteiger partial charge in [-0.2, -0.15) is 0 Å². The van der Waals surface area contributed by atoms with E-state index in [1.54, 1.807) is 37.3 Å². The van der Waals surface area contributed by atoms with Crippen LogP contribution < -0.4 is 5.56 Å². The average Bonchev–Trinajstić information content (AvgIpc) is 2.94. The molecular weight excluding hydrogens is 330 g/mol. The second kappa shape index (κ2) is 6.13. The minimum absolute atomic E-state index is 0.308. The van der Waals surface area contributed by atoms with Crippen LogP contribution in [0.3, 0.4) is 0 Å². The Morgan fingerprint density at radius 3 is 2.79 bits per heavy atom. The van der Waals surface area contributed by atoms with Crippen molar-refractivity contribution in [3.05, 3.63) is 51.4 Å². The second-order valence-corrected chi connectivity index (χ2v) is 5.97. The normalized spacial score (nSPS) is 12.3. The molecule has 0 saturated carbocycles. The summed E-state index contributed by atoms with van der Waals surface area (Å²) < 4.78 is 6.13.